The second-order valence-corrected chi connectivity index (χ2v) is 7.56. The number of aliphatic carboxylic acids is 1. The molecule has 1 aliphatic heterocycles. The van der Waals surface area contributed by atoms with Gasteiger partial charge in [-0.2, -0.15) is 4.98 Å². The molecule has 1 aliphatic rings. The van der Waals surface area contributed by atoms with Crippen molar-refractivity contribution in [2.75, 3.05) is 19.7 Å². The highest BCUT2D eigenvalue weighted by Crippen LogP contribution is 2.27. The van der Waals surface area contributed by atoms with E-state index in [9.17, 15) is 9.59 Å². The molecule has 8 nitrogen and oxygen atoms in total. The van der Waals surface area contributed by atoms with Gasteiger partial charge in [-0.15, -0.1) is 0 Å². The molecule has 2 heterocycles. The topological polar surface area (TPSA) is 106 Å². The molecular weight excluding hydrogens is 350 g/mol. The van der Waals surface area contributed by atoms with Gasteiger partial charge in [0, 0.05) is 18.5 Å². The van der Waals surface area contributed by atoms with Gasteiger partial charge in [0.25, 0.3) is 11.8 Å². The SMILES string of the molecule is CC(C)(C)c1noc(-c2ccccc2C(=O)N2CCO[C@H](CC(=O)O)C2)n1. The molecule has 0 radical (unpaired) electrons. The molecule has 1 amide bonds. The van der Waals surface area contributed by atoms with Crippen LogP contribution in [0.25, 0.3) is 11.5 Å². The molecule has 3 rings (SSSR count). The maximum Gasteiger partial charge on any atom is 0.306 e. The second-order valence-electron chi connectivity index (χ2n) is 7.56. The number of morpholine rings is 1. The van der Waals surface area contributed by atoms with Crippen molar-refractivity contribution in [1.29, 1.82) is 0 Å². The molecule has 0 unspecified atom stereocenters. The van der Waals surface area contributed by atoms with Crippen molar-refractivity contribution >= 4 is 11.9 Å². The summed E-state index contributed by atoms with van der Waals surface area (Å²) in [6.07, 6.45) is -0.646. The normalized spacial score (nSPS) is 17.7. The molecule has 27 heavy (non-hydrogen) atoms. The van der Waals surface area contributed by atoms with Crippen molar-refractivity contribution < 1.29 is 24.0 Å². The first-order valence-corrected chi connectivity index (χ1v) is 8.82. The lowest BCUT2D eigenvalue weighted by Gasteiger charge is -2.32. The summed E-state index contributed by atoms with van der Waals surface area (Å²) in [6, 6.07) is 7.05. The van der Waals surface area contributed by atoms with Crippen molar-refractivity contribution in [2.45, 2.75) is 38.7 Å². The Morgan fingerprint density at radius 2 is 2.04 bits per heavy atom. The first-order valence-electron chi connectivity index (χ1n) is 8.82. The van der Waals surface area contributed by atoms with Gasteiger partial charge in [-0.05, 0) is 12.1 Å². The van der Waals surface area contributed by atoms with E-state index in [1.165, 1.54) is 0 Å². The summed E-state index contributed by atoms with van der Waals surface area (Å²) in [5.41, 5.74) is 0.735. The van der Waals surface area contributed by atoms with Gasteiger partial charge < -0.3 is 19.3 Å². The van der Waals surface area contributed by atoms with E-state index in [0.717, 1.165) is 0 Å². The summed E-state index contributed by atoms with van der Waals surface area (Å²) in [7, 11) is 0. The van der Waals surface area contributed by atoms with Gasteiger partial charge in [-0.25, -0.2) is 0 Å². The number of hydrogen-bond donors (Lipinski definition) is 1. The minimum atomic E-state index is -0.949. The third kappa shape index (κ3) is 4.33. The number of rotatable bonds is 4. The van der Waals surface area contributed by atoms with Gasteiger partial charge in [0.05, 0.1) is 30.3 Å². The molecule has 0 spiro atoms. The predicted octanol–water partition coefficient (Wildman–Crippen LogP) is 2.35. The number of hydrogen-bond acceptors (Lipinski definition) is 6. The highest BCUT2D eigenvalue weighted by molar-refractivity contribution is 6.00. The number of benzene rings is 1. The minimum absolute atomic E-state index is 0.135. The maximum atomic E-state index is 13.1. The van der Waals surface area contributed by atoms with Gasteiger partial charge >= 0.3 is 5.97 Å². The Hall–Kier alpha value is -2.74. The number of carbonyl (C=O) groups is 2. The average Bonchev–Trinajstić information content (AvgIpc) is 3.11. The Labute approximate surface area is 157 Å². The fourth-order valence-corrected chi connectivity index (χ4v) is 2.89. The summed E-state index contributed by atoms with van der Waals surface area (Å²) in [5, 5.41) is 13.0. The largest absolute Gasteiger partial charge is 0.481 e. The van der Waals surface area contributed by atoms with Gasteiger partial charge in [-0.3, -0.25) is 9.59 Å². The zero-order chi connectivity index (χ0) is 19.6. The molecule has 1 N–H and O–H groups in total. The molecule has 0 aliphatic carbocycles. The number of ether oxygens (including phenoxy) is 1. The van der Waals surface area contributed by atoms with Crippen molar-refractivity contribution in [3.63, 3.8) is 0 Å². The van der Waals surface area contributed by atoms with Gasteiger partial charge in [0.15, 0.2) is 5.82 Å². The molecule has 0 bridgehead atoms. The van der Waals surface area contributed by atoms with Gasteiger partial charge in [0.2, 0.25) is 0 Å². The van der Waals surface area contributed by atoms with Crippen LogP contribution in [0.2, 0.25) is 0 Å². The van der Waals surface area contributed by atoms with E-state index in [1.807, 2.05) is 20.8 Å². The Kier molecular flexibility index (Phi) is 5.27. The molecule has 0 saturated carbocycles. The van der Waals surface area contributed by atoms with Crippen LogP contribution < -0.4 is 0 Å². The standard InChI is InChI=1S/C19H23N3O5/c1-19(2,3)18-20-16(27-21-18)13-6-4-5-7-14(13)17(25)22-8-9-26-12(11-22)10-15(23)24/h4-7,12H,8-11H2,1-3H3,(H,23,24)/t12-/m1/s1. The van der Waals surface area contributed by atoms with E-state index in [1.54, 1.807) is 29.2 Å². The quantitative estimate of drug-likeness (QED) is 0.877. The number of carbonyl (C=O) groups excluding carboxylic acids is 1. The average molecular weight is 373 g/mol. The summed E-state index contributed by atoms with van der Waals surface area (Å²) >= 11 is 0. The van der Waals surface area contributed by atoms with Crippen LogP contribution >= 0.6 is 0 Å². The van der Waals surface area contributed by atoms with Crippen LogP contribution in [-0.2, 0) is 14.9 Å². The number of aromatic nitrogens is 2. The van der Waals surface area contributed by atoms with Crippen LogP contribution in [0.15, 0.2) is 28.8 Å². The lowest BCUT2D eigenvalue weighted by molar-refractivity contribution is -0.141. The summed E-state index contributed by atoms with van der Waals surface area (Å²) in [5.74, 6) is -0.304. The van der Waals surface area contributed by atoms with E-state index >= 15 is 0 Å². The molecule has 1 saturated heterocycles. The van der Waals surface area contributed by atoms with Crippen LogP contribution in [0.1, 0.15) is 43.4 Å². The smallest absolute Gasteiger partial charge is 0.306 e. The number of nitrogens with zero attached hydrogens (tertiary/aromatic N) is 3. The van der Waals surface area contributed by atoms with E-state index in [0.29, 0.717) is 36.0 Å². The van der Waals surface area contributed by atoms with E-state index in [4.69, 9.17) is 14.4 Å². The fourth-order valence-electron chi connectivity index (χ4n) is 2.89. The van der Waals surface area contributed by atoms with Crippen LogP contribution in [0.5, 0.6) is 0 Å². The highest BCUT2D eigenvalue weighted by atomic mass is 16.5. The number of amides is 1. The molecule has 1 fully saturated rings. The Morgan fingerprint density at radius 1 is 1.30 bits per heavy atom. The predicted molar refractivity (Wildman–Crippen MR) is 96.3 cm³/mol. The Morgan fingerprint density at radius 3 is 2.70 bits per heavy atom. The van der Waals surface area contributed by atoms with E-state index in [2.05, 4.69) is 10.1 Å². The Balaban J connectivity index is 1.86. The molecule has 1 atom stereocenters. The zero-order valence-electron chi connectivity index (χ0n) is 15.6. The molecule has 2 aromatic rings. The molecule has 8 heteroatoms. The molecule has 1 aromatic carbocycles. The van der Waals surface area contributed by atoms with Crippen LogP contribution in [0.3, 0.4) is 0 Å². The van der Waals surface area contributed by atoms with Crippen molar-refractivity contribution in [3.05, 3.63) is 35.7 Å². The Bertz CT molecular complexity index is 840. The lowest BCUT2D eigenvalue weighted by atomic mass is 9.96. The number of carboxylic acid groups (broad SMARTS) is 1. The first kappa shape index (κ1) is 19.0. The summed E-state index contributed by atoms with van der Waals surface area (Å²) < 4.78 is 10.8. The van der Waals surface area contributed by atoms with Crippen molar-refractivity contribution in [1.82, 2.24) is 15.0 Å². The highest BCUT2D eigenvalue weighted by Gasteiger charge is 2.29. The maximum absolute atomic E-state index is 13.1. The van der Waals surface area contributed by atoms with Crippen molar-refractivity contribution in [2.24, 2.45) is 0 Å². The lowest BCUT2D eigenvalue weighted by Crippen LogP contribution is -2.46. The molecule has 144 valence electrons. The first-order chi connectivity index (χ1) is 12.8. The third-order valence-corrected chi connectivity index (χ3v) is 4.31. The van der Waals surface area contributed by atoms with E-state index < -0.39 is 12.1 Å². The third-order valence-electron chi connectivity index (χ3n) is 4.31. The van der Waals surface area contributed by atoms with E-state index in [-0.39, 0.29) is 24.3 Å². The number of carboxylic acids is 1. The second kappa shape index (κ2) is 7.48. The van der Waals surface area contributed by atoms with Gasteiger partial charge in [0.1, 0.15) is 0 Å². The minimum Gasteiger partial charge on any atom is -0.481 e. The van der Waals surface area contributed by atoms with Crippen LogP contribution in [-0.4, -0.2) is 57.8 Å². The summed E-state index contributed by atoms with van der Waals surface area (Å²) in [6.45, 7) is 6.89. The fraction of sp³-hybridized carbons (Fsp3) is 0.474. The van der Waals surface area contributed by atoms with Crippen LogP contribution in [0, 0.1) is 0 Å². The van der Waals surface area contributed by atoms with Crippen molar-refractivity contribution in [3.8, 4) is 11.5 Å². The van der Waals surface area contributed by atoms with Gasteiger partial charge in [-0.1, -0.05) is 38.1 Å². The molecular formula is C19H23N3O5. The summed E-state index contributed by atoms with van der Waals surface area (Å²) in [4.78, 5) is 30.0. The molecule has 1 aromatic heterocycles. The zero-order valence-corrected chi connectivity index (χ0v) is 15.6. The van der Waals surface area contributed by atoms with Crippen LogP contribution in [0.4, 0.5) is 0 Å². The monoisotopic (exact) mass is 373 g/mol.